The van der Waals surface area contributed by atoms with E-state index in [0.717, 1.165) is 25.7 Å². The molecule has 0 aromatic rings. The van der Waals surface area contributed by atoms with E-state index in [2.05, 4.69) is 11.3 Å². The van der Waals surface area contributed by atoms with E-state index in [9.17, 15) is 9.59 Å². The fourth-order valence-electron chi connectivity index (χ4n) is 2.00. The SMILES string of the molecule is C=C(CC(=O)C1CCCCC1)C(=O)OC. The molecule has 15 heavy (non-hydrogen) atoms. The van der Waals surface area contributed by atoms with Gasteiger partial charge in [0, 0.05) is 17.9 Å². The Bertz CT molecular complexity index is 262. The summed E-state index contributed by atoms with van der Waals surface area (Å²) < 4.78 is 4.51. The van der Waals surface area contributed by atoms with E-state index in [1.54, 1.807) is 0 Å². The van der Waals surface area contributed by atoms with E-state index >= 15 is 0 Å². The van der Waals surface area contributed by atoms with Crippen LogP contribution in [0.1, 0.15) is 38.5 Å². The molecule has 3 nitrogen and oxygen atoms in total. The molecule has 0 saturated heterocycles. The van der Waals surface area contributed by atoms with E-state index in [-0.39, 0.29) is 23.7 Å². The largest absolute Gasteiger partial charge is 0.466 e. The van der Waals surface area contributed by atoms with Crippen molar-refractivity contribution in [3.63, 3.8) is 0 Å². The topological polar surface area (TPSA) is 43.4 Å². The van der Waals surface area contributed by atoms with Crippen molar-refractivity contribution in [1.82, 2.24) is 0 Å². The van der Waals surface area contributed by atoms with Crippen LogP contribution < -0.4 is 0 Å². The summed E-state index contributed by atoms with van der Waals surface area (Å²) in [5.41, 5.74) is 0.271. The molecule has 1 saturated carbocycles. The molecular formula is C12H18O3. The zero-order valence-corrected chi connectivity index (χ0v) is 9.25. The van der Waals surface area contributed by atoms with Gasteiger partial charge < -0.3 is 4.74 Å². The molecule has 0 amide bonds. The highest BCUT2D eigenvalue weighted by atomic mass is 16.5. The number of methoxy groups -OCH3 is 1. The normalized spacial score (nSPS) is 17.1. The minimum Gasteiger partial charge on any atom is -0.466 e. The molecule has 1 fully saturated rings. The van der Waals surface area contributed by atoms with Crippen molar-refractivity contribution in [2.75, 3.05) is 7.11 Å². The Morgan fingerprint density at radius 2 is 1.87 bits per heavy atom. The van der Waals surface area contributed by atoms with Gasteiger partial charge in [-0.05, 0) is 12.8 Å². The lowest BCUT2D eigenvalue weighted by Crippen LogP contribution is -2.19. The third kappa shape index (κ3) is 3.50. The molecule has 0 bridgehead atoms. The van der Waals surface area contributed by atoms with Gasteiger partial charge in [-0.1, -0.05) is 25.8 Å². The predicted octanol–water partition coefficient (Wildman–Crippen LogP) is 2.26. The molecular weight excluding hydrogens is 192 g/mol. The first kappa shape index (κ1) is 12.0. The van der Waals surface area contributed by atoms with E-state index in [4.69, 9.17) is 0 Å². The molecule has 1 aliphatic rings. The highest BCUT2D eigenvalue weighted by molar-refractivity contribution is 5.95. The molecule has 0 aromatic heterocycles. The lowest BCUT2D eigenvalue weighted by molar-refractivity contribution is -0.137. The van der Waals surface area contributed by atoms with Crippen LogP contribution in [0, 0.1) is 5.92 Å². The molecule has 0 spiro atoms. The minimum absolute atomic E-state index is 0.139. The molecule has 0 unspecified atom stereocenters. The quantitative estimate of drug-likeness (QED) is 0.528. The van der Waals surface area contributed by atoms with E-state index < -0.39 is 5.97 Å². The van der Waals surface area contributed by atoms with Crippen molar-refractivity contribution in [3.05, 3.63) is 12.2 Å². The van der Waals surface area contributed by atoms with Crippen LogP contribution in [0.15, 0.2) is 12.2 Å². The number of carbonyl (C=O) groups is 2. The van der Waals surface area contributed by atoms with E-state index in [1.165, 1.54) is 13.5 Å². The van der Waals surface area contributed by atoms with Gasteiger partial charge in [0.25, 0.3) is 0 Å². The van der Waals surface area contributed by atoms with Crippen LogP contribution >= 0.6 is 0 Å². The smallest absolute Gasteiger partial charge is 0.333 e. The van der Waals surface area contributed by atoms with Gasteiger partial charge in [-0.15, -0.1) is 0 Å². The average Bonchev–Trinajstić information content (AvgIpc) is 2.29. The second-order valence-electron chi connectivity index (χ2n) is 4.07. The van der Waals surface area contributed by atoms with Gasteiger partial charge in [-0.2, -0.15) is 0 Å². The minimum atomic E-state index is -0.473. The van der Waals surface area contributed by atoms with Gasteiger partial charge in [0.1, 0.15) is 5.78 Å². The number of hydrogen-bond donors (Lipinski definition) is 0. The summed E-state index contributed by atoms with van der Waals surface area (Å²) in [7, 11) is 1.30. The fourth-order valence-corrected chi connectivity index (χ4v) is 2.00. The van der Waals surface area contributed by atoms with Gasteiger partial charge in [0.15, 0.2) is 0 Å². The summed E-state index contributed by atoms with van der Waals surface area (Å²) in [6, 6.07) is 0. The first-order chi connectivity index (χ1) is 7.15. The molecule has 84 valence electrons. The zero-order valence-electron chi connectivity index (χ0n) is 9.25. The Balaban J connectivity index is 2.40. The van der Waals surface area contributed by atoms with Gasteiger partial charge in [-0.25, -0.2) is 4.79 Å². The maximum Gasteiger partial charge on any atom is 0.333 e. The van der Waals surface area contributed by atoms with Crippen LogP contribution in [0.4, 0.5) is 0 Å². The molecule has 0 aliphatic heterocycles. The Hall–Kier alpha value is -1.12. The van der Waals surface area contributed by atoms with E-state index in [1.807, 2.05) is 0 Å². The average molecular weight is 210 g/mol. The van der Waals surface area contributed by atoms with Gasteiger partial charge >= 0.3 is 5.97 Å². The summed E-state index contributed by atoms with van der Waals surface area (Å²) in [6.07, 6.45) is 5.56. The molecule has 0 N–H and O–H groups in total. The Kier molecular flexibility index (Phi) is 4.53. The monoisotopic (exact) mass is 210 g/mol. The molecule has 0 radical (unpaired) electrons. The van der Waals surface area contributed by atoms with Crippen molar-refractivity contribution in [2.24, 2.45) is 5.92 Å². The molecule has 0 heterocycles. The number of Topliss-reactive ketones (excluding diaryl/α,β-unsaturated/α-hetero) is 1. The lowest BCUT2D eigenvalue weighted by atomic mass is 9.84. The van der Waals surface area contributed by atoms with Crippen LogP contribution in [0.2, 0.25) is 0 Å². The fraction of sp³-hybridized carbons (Fsp3) is 0.667. The first-order valence-corrected chi connectivity index (χ1v) is 5.44. The van der Waals surface area contributed by atoms with Crippen molar-refractivity contribution < 1.29 is 14.3 Å². The molecule has 0 aromatic carbocycles. The van der Waals surface area contributed by atoms with Crippen molar-refractivity contribution in [1.29, 1.82) is 0 Å². The predicted molar refractivity (Wildman–Crippen MR) is 57.4 cm³/mol. The number of ether oxygens (including phenoxy) is 1. The summed E-state index contributed by atoms with van der Waals surface area (Å²) in [4.78, 5) is 22.8. The van der Waals surface area contributed by atoms with Gasteiger partial charge in [0.05, 0.1) is 7.11 Å². The number of rotatable bonds is 4. The second-order valence-corrected chi connectivity index (χ2v) is 4.07. The number of carbonyl (C=O) groups excluding carboxylic acids is 2. The molecule has 1 rings (SSSR count). The number of esters is 1. The highest BCUT2D eigenvalue weighted by Crippen LogP contribution is 2.26. The maximum atomic E-state index is 11.8. The molecule has 1 aliphatic carbocycles. The Morgan fingerprint density at radius 1 is 1.27 bits per heavy atom. The third-order valence-electron chi connectivity index (χ3n) is 2.92. The number of ketones is 1. The Labute approximate surface area is 90.5 Å². The standard InChI is InChI=1S/C12H18O3/c1-9(12(14)15-2)8-11(13)10-6-4-3-5-7-10/h10H,1,3-8H2,2H3. The molecule has 0 atom stereocenters. The Morgan fingerprint density at radius 3 is 2.40 bits per heavy atom. The lowest BCUT2D eigenvalue weighted by Gasteiger charge is -2.20. The van der Waals surface area contributed by atoms with Crippen LogP contribution in [0.5, 0.6) is 0 Å². The van der Waals surface area contributed by atoms with Gasteiger partial charge in [0.2, 0.25) is 0 Å². The first-order valence-electron chi connectivity index (χ1n) is 5.44. The summed E-state index contributed by atoms with van der Waals surface area (Å²) in [5.74, 6) is -0.190. The van der Waals surface area contributed by atoms with Crippen molar-refractivity contribution in [3.8, 4) is 0 Å². The van der Waals surface area contributed by atoms with Crippen molar-refractivity contribution >= 4 is 11.8 Å². The zero-order chi connectivity index (χ0) is 11.3. The van der Waals surface area contributed by atoms with Crippen LogP contribution in [-0.4, -0.2) is 18.9 Å². The van der Waals surface area contributed by atoms with Crippen LogP contribution in [0.25, 0.3) is 0 Å². The second kappa shape index (κ2) is 5.69. The summed E-state index contributed by atoms with van der Waals surface area (Å²) >= 11 is 0. The van der Waals surface area contributed by atoms with Crippen LogP contribution in [0.3, 0.4) is 0 Å². The maximum absolute atomic E-state index is 11.8. The molecule has 3 heteroatoms. The van der Waals surface area contributed by atoms with E-state index in [0.29, 0.717) is 0 Å². The summed E-state index contributed by atoms with van der Waals surface area (Å²) in [6.45, 7) is 3.56. The third-order valence-corrected chi connectivity index (χ3v) is 2.92. The van der Waals surface area contributed by atoms with Crippen LogP contribution in [-0.2, 0) is 14.3 Å². The number of hydrogen-bond acceptors (Lipinski definition) is 3. The highest BCUT2D eigenvalue weighted by Gasteiger charge is 2.22. The van der Waals surface area contributed by atoms with Gasteiger partial charge in [-0.3, -0.25) is 4.79 Å². The summed E-state index contributed by atoms with van der Waals surface area (Å²) in [5, 5.41) is 0. The van der Waals surface area contributed by atoms with Crippen molar-refractivity contribution in [2.45, 2.75) is 38.5 Å².